The van der Waals surface area contributed by atoms with Crippen LogP contribution >= 0.6 is 0 Å². The van der Waals surface area contributed by atoms with Crippen molar-refractivity contribution in [2.45, 2.75) is 13.5 Å². The van der Waals surface area contributed by atoms with Crippen molar-refractivity contribution in [3.05, 3.63) is 77.7 Å². The average Bonchev–Trinajstić information content (AvgIpc) is 3.32. The summed E-state index contributed by atoms with van der Waals surface area (Å²) in [6.07, 6.45) is 1.44. The maximum absolute atomic E-state index is 13.1. The molecule has 0 saturated carbocycles. The van der Waals surface area contributed by atoms with Gasteiger partial charge in [-0.3, -0.25) is 9.59 Å². The van der Waals surface area contributed by atoms with E-state index >= 15 is 0 Å². The van der Waals surface area contributed by atoms with Crippen molar-refractivity contribution in [3.63, 3.8) is 0 Å². The first-order valence-corrected chi connectivity index (χ1v) is 9.77. The molecule has 7 heteroatoms. The highest BCUT2D eigenvalue weighted by atomic mass is 16.6. The van der Waals surface area contributed by atoms with Crippen LogP contribution in [0.3, 0.4) is 0 Å². The van der Waals surface area contributed by atoms with E-state index in [1.807, 2.05) is 25.1 Å². The minimum Gasteiger partial charge on any atom is -0.486 e. The minimum absolute atomic E-state index is 0.138. The van der Waals surface area contributed by atoms with Crippen LogP contribution in [-0.4, -0.2) is 36.5 Å². The van der Waals surface area contributed by atoms with Gasteiger partial charge in [-0.2, -0.15) is 0 Å². The van der Waals surface area contributed by atoms with Crippen LogP contribution in [0.2, 0.25) is 0 Å². The van der Waals surface area contributed by atoms with E-state index in [0.29, 0.717) is 49.1 Å². The molecule has 2 amide bonds. The minimum atomic E-state index is -0.370. The number of carbonyl (C=O) groups excluding carboxylic acids is 2. The summed E-state index contributed by atoms with van der Waals surface area (Å²) in [5.74, 6) is 1.09. The molecule has 0 spiro atoms. The number of ether oxygens (including phenoxy) is 2. The summed E-state index contributed by atoms with van der Waals surface area (Å²) in [4.78, 5) is 27.1. The normalized spacial score (nSPS) is 12.3. The van der Waals surface area contributed by atoms with E-state index in [1.165, 1.54) is 6.26 Å². The van der Waals surface area contributed by atoms with Crippen molar-refractivity contribution < 1.29 is 23.5 Å². The third-order valence-corrected chi connectivity index (χ3v) is 4.79. The predicted molar refractivity (Wildman–Crippen MR) is 111 cm³/mol. The molecule has 7 nitrogen and oxygen atoms in total. The SMILES string of the molecule is CCN(Cc1cccc2c1OCCO2)C(=O)c1cccc(NC(=O)c2ccco2)c1. The van der Waals surface area contributed by atoms with Crippen molar-refractivity contribution in [1.82, 2.24) is 4.90 Å². The second kappa shape index (κ2) is 8.73. The van der Waals surface area contributed by atoms with Crippen LogP contribution in [0.5, 0.6) is 11.5 Å². The molecule has 0 saturated heterocycles. The topological polar surface area (TPSA) is 81.0 Å². The molecule has 1 aliphatic heterocycles. The summed E-state index contributed by atoms with van der Waals surface area (Å²) >= 11 is 0. The first kappa shape index (κ1) is 19.6. The van der Waals surface area contributed by atoms with Crippen LogP contribution in [0, 0.1) is 0 Å². The molecule has 2 aromatic carbocycles. The molecule has 30 heavy (non-hydrogen) atoms. The Morgan fingerprint density at radius 1 is 1.03 bits per heavy atom. The number of para-hydroxylation sites is 1. The lowest BCUT2D eigenvalue weighted by molar-refractivity contribution is 0.0748. The first-order chi connectivity index (χ1) is 14.7. The van der Waals surface area contributed by atoms with Crippen molar-refractivity contribution in [1.29, 1.82) is 0 Å². The number of nitrogens with one attached hydrogen (secondary N) is 1. The van der Waals surface area contributed by atoms with Crippen molar-refractivity contribution in [2.75, 3.05) is 25.1 Å². The Balaban J connectivity index is 1.51. The molecule has 1 aliphatic rings. The van der Waals surface area contributed by atoms with Gasteiger partial charge in [-0.25, -0.2) is 0 Å². The first-order valence-electron chi connectivity index (χ1n) is 9.77. The van der Waals surface area contributed by atoms with Gasteiger partial charge in [-0.05, 0) is 43.3 Å². The van der Waals surface area contributed by atoms with Crippen LogP contribution in [0.1, 0.15) is 33.4 Å². The smallest absolute Gasteiger partial charge is 0.291 e. The monoisotopic (exact) mass is 406 g/mol. The van der Waals surface area contributed by atoms with Crippen LogP contribution in [0.15, 0.2) is 65.3 Å². The van der Waals surface area contributed by atoms with E-state index in [2.05, 4.69) is 5.32 Å². The molecule has 154 valence electrons. The zero-order chi connectivity index (χ0) is 20.9. The van der Waals surface area contributed by atoms with E-state index in [1.54, 1.807) is 41.3 Å². The number of anilines is 1. The van der Waals surface area contributed by atoms with Gasteiger partial charge in [0.1, 0.15) is 13.2 Å². The van der Waals surface area contributed by atoms with Crippen LogP contribution in [0.4, 0.5) is 5.69 Å². The van der Waals surface area contributed by atoms with Gasteiger partial charge < -0.3 is 24.1 Å². The second-order valence-corrected chi connectivity index (χ2v) is 6.77. The molecule has 0 bridgehead atoms. The summed E-state index contributed by atoms with van der Waals surface area (Å²) in [5, 5.41) is 2.75. The maximum atomic E-state index is 13.1. The highest BCUT2D eigenvalue weighted by Crippen LogP contribution is 2.34. The Hall–Kier alpha value is -3.74. The number of hydrogen-bond acceptors (Lipinski definition) is 5. The van der Waals surface area contributed by atoms with Gasteiger partial charge in [-0.15, -0.1) is 0 Å². The molecular weight excluding hydrogens is 384 g/mol. The Bertz CT molecular complexity index is 1050. The summed E-state index contributed by atoms with van der Waals surface area (Å²) in [7, 11) is 0. The number of fused-ring (bicyclic) bond motifs is 1. The Morgan fingerprint density at radius 2 is 1.87 bits per heavy atom. The van der Waals surface area contributed by atoms with Gasteiger partial charge >= 0.3 is 0 Å². The molecule has 3 aromatic rings. The molecular formula is C23H22N2O5. The van der Waals surface area contributed by atoms with Gasteiger partial charge in [-0.1, -0.05) is 18.2 Å². The lowest BCUT2D eigenvalue weighted by atomic mass is 10.1. The fraction of sp³-hybridized carbons (Fsp3) is 0.217. The van der Waals surface area contributed by atoms with Crippen LogP contribution in [0.25, 0.3) is 0 Å². The number of amides is 2. The average molecular weight is 406 g/mol. The van der Waals surface area contributed by atoms with Gasteiger partial charge in [0.2, 0.25) is 0 Å². The fourth-order valence-corrected chi connectivity index (χ4v) is 3.30. The van der Waals surface area contributed by atoms with E-state index in [9.17, 15) is 9.59 Å². The van der Waals surface area contributed by atoms with Crippen LogP contribution < -0.4 is 14.8 Å². The third-order valence-electron chi connectivity index (χ3n) is 4.79. The Kier molecular flexibility index (Phi) is 5.70. The van der Waals surface area contributed by atoms with E-state index in [0.717, 1.165) is 5.56 Å². The lowest BCUT2D eigenvalue weighted by Gasteiger charge is -2.25. The van der Waals surface area contributed by atoms with Gasteiger partial charge in [0.15, 0.2) is 17.3 Å². The number of hydrogen-bond donors (Lipinski definition) is 1. The molecule has 0 fully saturated rings. The number of benzene rings is 2. The summed E-state index contributed by atoms with van der Waals surface area (Å²) in [6, 6.07) is 15.8. The zero-order valence-electron chi connectivity index (χ0n) is 16.6. The largest absolute Gasteiger partial charge is 0.486 e. The van der Waals surface area contributed by atoms with Crippen molar-refractivity contribution in [3.8, 4) is 11.5 Å². The third kappa shape index (κ3) is 4.15. The van der Waals surface area contributed by atoms with Gasteiger partial charge in [0.25, 0.3) is 11.8 Å². The number of furan rings is 1. The Morgan fingerprint density at radius 3 is 2.67 bits per heavy atom. The molecule has 4 rings (SSSR count). The van der Waals surface area contributed by atoms with Crippen molar-refractivity contribution in [2.24, 2.45) is 0 Å². The molecule has 1 N–H and O–H groups in total. The van der Waals surface area contributed by atoms with Crippen LogP contribution in [-0.2, 0) is 6.54 Å². The van der Waals surface area contributed by atoms with Gasteiger partial charge in [0.05, 0.1) is 6.26 Å². The highest BCUT2D eigenvalue weighted by molar-refractivity contribution is 6.03. The summed E-state index contributed by atoms with van der Waals surface area (Å²) < 4.78 is 16.5. The molecule has 0 unspecified atom stereocenters. The summed E-state index contributed by atoms with van der Waals surface area (Å²) in [5.41, 5.74) is 1.90. The standard InChI is InChI=1S/C23H22N2O5/c1-2-25(15-17-7-4-9-19-21(17)30-13-12-29-19)23(27)16-6-3-8-18(14-16)24-22(26)20-10-5-11-28-20/h3-11,14H,2,12-13,15H2,1H3,(H,24,26). The summed E-state index contributed by atoms with van der Waals surface area (Å²) in [6.45, 7) is 3.84. The molecule has 0 aliphatic carbocycles. The zero-order valence-corrected chi connectivity index (χ0v) is 16.6. The molecule has 2 heterocycles. The Labute approximate surface area is 174 Å². The van der Waals surface area contributed by atoms with Crippen molar-refractivity contribution >= 4 is 17.5 Å². The van der Waals surface area contributed by atoms with E-state index in [-0.39, 0.29) is 17.6 Å². The molecule has 0 radical (unpaired) electrons. The maximum Gasteiger partial charge on any atom is 0.291 e. The molecule has 1 aromatic heterocycles. The van der Waals surface area contributed by atoms with Gasteiger partial charge in [0, 0.05) is 29.9 Å². The fourth-order valence-electron chi connectivity index (χ4n) is 3.30. The number of carbonyl (C=O) groups is 2. The second-order valence-electron chi connectivity index (χ2n) is 6.77. The number of rotatable bonds is 6. The number of nitrogens with zero attached hydrogens (tertiary/aromatic N) is 1. The van der Waals surface area contributed by atoms with E-state index in [4.69, 9.17) is 13.9 Å². The lowest BCUT2D eigenvalue weighted by Crippen LogP contribution is -2.31. The predicted octanol–water partition coefficient (Wildman–Crippen LogP) is 3.97. The highest BCUT2D eigenvalue weighted by Gasteiger charge is 2.21. The quantitative estimate of drug-likeness (QED) is 0.670. The van der Waals surface area contributed by atoms with E-state index < -0.39 is 0 Å². The molecule has 0 atom stereocenters.